The Bertz CT molecular complexity index is 1000. The highest BCUT2D eigenvalue weighted by molar-refractivity contribution is 8.01. The maximum atomic E-state index is 12.6. The van der Waals surface area contributed by atoms with Gasteiger partial charge < -0.3 is 15.1 Å². The van der Waals surface area contributed by atoms with Gasteiger partial charge in [-0.15, -0.1) is 11.3 Å². The van der Waals surface area contributed by atoms with Gasteiger partial charge in [-0.25, -0.2) is 4.98 Å². The first-order valence-electron chi connectivity index (χ1n) is 9.76. The van der Waals surface area contributed by atoms with Crippen molar-refractivity contribution in [1.82, 2.24) is 9.88 Å². The van der Waals surface area contributed by atoms with Crippen molar-refractivity contribution in [2.45, 2.75) is 4.34 Å². The molecule has 5 nitrogen and oxygen atoms in total. The number of piperazine rings is 1. The fraction of sp³-hybridized carbons (Fsp3) is 0.273. The minimum atomic E-state index is -0.0610. The van der Waals surface area contributed by atoms with Gasteiger partial charge in [0.1, 0.15) is 0 Å². The lowest BCUT2D eigenvalue weighted by atomic mass is 10.2. The van der Waals surface area contributed by atoms with Crippen molar-refractivity contribution in [2.75, 3.05) is 49.2 Å². The van der Waals surface area contributed by atoms with Gasteiger partial charge in [0.15, 0.2) is 4.34 Å². The second-order valence-electron chi connectivity index (χ2n) is 7.13. The topological polar surface area (TPSA) is 48.5 Å². The predicted molar refractivity (Wildman–Crippen MR) is 128 cm³/mol. The highest BCUT2D eigenvalue weighted by atomic mass is 35.5. The van der Waals surface area contributed by atoms with E-state index in [2.05, 4.69) is 27.1 Å². The number of rotatable bonds is 6. The van der Waals surface area contributed by atoms with Crippen molar-refractivity contribution in [2.24, 2.45) is 0 Å². The fourth-order valence-electron chi connectivity index (χ4n) is 3.35. The Balaban J connectivity index is 1.39. The van der Waals surface area contributed by atoms with E-state index in [9.17, 15) is 4.79 Å². The number of anilines is 2. The van der Waals surface area contributed by atoms with E-state index in [4.69, 9.17) is 11.6 Å². The van der Waals surface area contributed by atoms with Gasteiger partial charge in [0, 0.05) is 37.1 Å². The molecule has 1 aliphatic heterocycles. The fourth-order valence-corrected chi connectivity index (χ4v) is 5.28. The number of hydrogen-bond acceptors (Lipinski definition) is 6. The molecule has 1 aromatic heterocycles. The average Bonchev–Trinajstić information content (AvgIpc) is 3.23. The lowest BCUT2D eigenvalue weighted by Gasteiger charge is -2.35. The molecule has 2 aromatic carbocycles. The summed E-state index contributed by atoms with van der Waals surface area (Å²) in [6.45, 7) is 3.73. The van der Waals surface area contributed by atoms with Crippen LogP contribution in [0.2, 0.25) is 5.02 Å². The number of hydrogen-bond donors (Lipinski definition) is 1. The Morgan fingerprint density at radius 3 is 2.67 bits per heavy atom. The summed E-state index contributed by atoms with van der Waals surface area (Å²) in [5, 5.41) is 5.74. The summed E-state index contributed by atoms with van der Waals surface area (Å²) in [6, 6.07) is 15.7. The summed E-state index contributed by atoms with van der Waals surface area (Å²) < 4.78 is 0.884. The van der Waals surface area contributed by atoms with Crippen LogP contribution in [0, 0.1) is 0 Å². The van der Waals surface area contributed by atoms with Crippen molar-refractivity contribution in [3.05, 3.63) is 58.9 Å². The van der Waals surface area contributed by atoms with Crippen LogP contribution in [0.25, 0.3) is 11.3 Å². The Labute approximate surface area is 190 Å². The van der Waals surface area contributed by atoms with E-state index in [0.29, 0.717) is 10.8 Å². The minimum absolute atomic E-state index is 0.0610. The molecule has 30 heavy (non-hydrogen) atoms. The van der Waals surface area contributed by atoms with Crippen molar-refractivity contribution >= 4 is 52.0 Å². The maximum Gasteiger partial charge on any atom is 0.234 e. The third-order valence-corrected chi connectivity index (χ3v) is 7.29. The number of thioether (sulfide) groups is 1. The van der Waals surface area contributed by atoms with Gasteiger partial charge >= 0.3 is 0 Å². The van der Waals surface area contributed by atoms with Crippen LogP contribution >= 0.6 is 34.7 Å². The number of thiazole rings is 1. The van der Waals surface area contributed by atoms with Crippen LogP contribution in [0.15, 0.2) is 58.3 Å². The van der Waals surface area contributed by atoms with E-state index in [0.717, 1.165) is 53.2 Å². The Morgan fingerprint density at radius 2 is 1.90 bits per heavy atom. The zero-order valence-corrected chi connectivity index (χ0v) is 19.1. The van der Waals surface area contributed by atoms with Crippen LogP contribution in [-0.2, 0) is 4.79 Å². The molecule has 0 aliphatic carbocycles. The van der Waals surface area contributed by atoms with Crippen molar-refractivity contribution < 1.29 is 4.79 Å². The number of nitrogens with one attached hydrogen (secondary N) is 1. The SMILES string of the molecule is CN1CCN(c2c(Cl)cccc2NC(=O)CSc2nc(-c3ccccc3)cs2)CC1. The molecule has 1 amide bonds. The lowest BCUT2D eigenvalue weighted by Crippen LogP contribution is -2.44. The van der Waals surface area contributed by atoms with Crippen molar-refractivity contribution in [3.63, 3.8) is 0 Å². The molecule has 0 bridgehead atoms. The van der Waals surface area contributed by atoms with E-state index >= 15 is 0 Å². The van der Waals surface area contributed by atoms with Gasteiger partial charge in [-0.05, 0) is 19.2 Å². The van der Waals surface area contributed by atoms with Crippen molar-refractivity contribution in [1.29, 1.82) is 0 Å². The molecule has 4 rings (SSSR count). The van der Waals surface area contributed by atoms with E-state index in [-0.39, 0.29) is 5.91 Å². The zero-order chi connectivity index (χ0) is 20.9. The van der Waals surface area contributed by atoms with Gasteiger partial charge in [-0.3, -0.25) is 4.79 Å². The summed E-state index contributed by atoms with van der Waals surface area (Å²) in [6.07, 6.45) is 0. The number of aromatic nitrogens is 1. The normalized spacial score (nSPS) is 14.7. The quantitative estimate of drug-likeness (QED) is 0.530. The third kappa shape index (κ3) is 5.16. The molecule has 1 N–H and O–H groups in total. The van der Waals surface area contributed by atoms with Gasteiger partial charge in [0.2, 0.25) is 5.91 Å². The second-order valence-corrected chi connectivity index (χ2v) is 9.62. The number of carbonyl (C=O) groups excluding carboxylic acids is 1. The monoisotopic (exact) mass is 458 g/mol. The van der Waals surface area contributed by atoms with Crippen molar-refractivity contribution in [3.8, 4) is 11.3 Å². The Hall–Kier alpha value is -2.06. The van der Waals surface area contributed by atoms with Crippen LogP contribution in [0.1, 0.15) is 0 Å². The molecule has 0 unspecified atom stereocenters. The number of amides is 1. The molecule has 1 saturated heterocycles. The van der Waals surface area contributed by atoms with Crippen LogP contribution < -0.4 is 10.2 Å². The summed E-state index contributed by atoms with van der Waals surface area (Å²) >= 11 is 9.51. The zero-order valence-electron chi connectivity index (χ0n) is 16.7. The number of likely N-dealkylation sites (N-methyl/N-ethyl adjacent to an activating group) is 1. The summed E-state index contributed by atoms with van der Waals surface area (Å²) in [4.78, 5) is 21.8. The van der Waals surface area contributed by atoms with E-state index < -0.39 is 0 Å². The van der Waals surface area contributed by atoms with Crippen LogP contribution in [0.5, 0.6) is 0 Å². The lowest BCUT2D eigenvalue weighted by molar-refractivity contribution is -0.113. The number of benzene rings is 2. The minimum Gasteiger partial charge on any atom is -0.366 e. The molecule has 1 fully saturated rings. The van der Waals surface area contributed by atoms with E-state index in [1.165, 1.54) is 11.8 Å². The predicted octanol–water partition coefficient (Wildman–Crippen LogP) is 4.95. The molecular formula is C22H23ClN4OS2. The molecule has 2 heterocycles. The summed E-state index contributed by atoms with van der Waals surface area (Å²) in [5.74, 6) is 0.241. The number of carbonyl (C=O) groups is 1. The summed E-state index contributed by atoms with van der Waals surface area (Å²) in [7, 11) is 2.12. The first kappa shape index (κ1) is 21.2. The first-order valence-corrected chi connectivity index (χ1v) is 12.0. The first-order chi connectivity index (χ1) is 14.6. The number of halogens is 1. The third-order valence-electron chi connectivity index (χ3n) is 4.96. The standard InChI is InChI=1S/C22H23ClN4OS2/c1-26-10-12-27(13-11-26)21-17(23)8-5-9-18(21)24-20(28)15-30-22-25-19(14-29-22)16-6-3-2-4-7-16/h2-9,14H,10-13,15H2,1H3,(H,24,28). The van der Waals surface area contributed by atoms with Gasteiger partial charge in [0.25, 0.3) is 0 Å². The highest BCUT2D eigenvalue weighted by Crippen LogP contribution is 2.35. The van der Waals surface area contributed by atoms with Gasteiger partial charge in [-0.1, -0.05) is 59.8 Å². The largest absolute Gasteiger partial charge is 0.366 e. The molecule has 0 radical (unpaired) electrons. The second kappa shape index (κ2) is 9.83. The number of nitrogens with zero attached hydrogens (tertiary/aromatic N) is 3. The Kier molecular flexibility index (Phi) is 6.94. The molecular weight excluding hydrogens is 436 g/mol. The molecule has 3 aromatic rings. The van der Waals surface area contributed by atoms with Gasteiger partial charge in [-0.2, -0.15) is 0 Å². The Morgan fingerprint density at radius 1 is 1.13 bits per heavy atom. The van der Waals surface area contributed by atoms with Crippen LogP contribution in [0.3, 0.4) is 0 Å². The number of para-hydroxylation sites is 1. The molecule has 0 spiro atoms. The molecule has 156 valence electrons. The van der Waals surface area contributed by atoms with Crippen LogP contribution in [0.4, 0.5) is 11.4 Å². The van der Waals surface area contributed by atoms with E-state index in [1.807, 2.05) is 53.9 Å². The van der Waals surface area contributed by atoms with Crippen LogP contribution in [-0.4, -0.2) is 54.8 Å². The smallest absolute Gasteiger partial charge is 0.234 e. The average molecular weight is 459 g/mol. The maximum absolute atomic E-state index is 12.6. The van der Waals surface area contributed by atoms with Gasteiger partial charge in [0.05, 0.1) is 27.8 Å². The molecule has 8 heteroatoms. The highest BCUT2D eigenvalue weighted by Gasteiger charge is 2.20. The summed E-state index contributed by atoms with van der Waals surface area (Å²) in [5.41, 5.74) is 3.70. The molecule has 0 atom stereocenters. The molecule has 0 saturated carbocycles. The molecule has 1 aliphatic rings. The van der Waals surface area contributed by atoms with E-state index in [1.54, 1.807) is 11.3 Å².